The number of carbonyl (C=O) groups excluding carboxylic acids is 2. The van der Waals surface area contributed by atoms with E-state index in [0.29, 0.717) is 44.8 Å². The van der Waals surface area contributed by atoms with E-state index < -0.39 is 50.5 Å². The van der Waals surface area contributed by atoms with E-state index in [9.17, 15) is 29.1 Å². The van der Waals surface area contributed by atoms with Crippen molar-refractivity contribution in [3.63, 3.8) is 0 Å². The Bertz CT molecular complexity index is 2370. The highest BCUT2D eigenvalue weighted by molar-refractivity contribution is 6.53. The second-order valence-electron chi connectivity index (χ2n) is 13.1. The molecule has 2 aromatic carbocycles. The van der Waals surface area contributed by atoms with Gasteiger partial charge in [0.15, 0.2) is 21.2 Å². The predicted molar refractivity (Wildman–Crippen MR) is 184 cm³/mol. The summed E-state index contributed by atoms with van der Waals surface area (Å²) >= 11 is 14.4. The Morgan fingerprint density at radius 1 is 0.940 bits per heavy atom. The number of hydrogen-bond acceptors (Lipinski definition) is 9. The van der Waals surface area contributed by atoms with Crippen LogP contribution >= 0.6 is 23.2 Å². The molecule has 0 radical (unpaired) electrons. The highest BCUT2D eigenvalue weighted by Gasteiger charge is 2.74. The predicted octanol–water partition coefficient (Wildman–Crippen LogP) is 2.26. The molecule has 0 spiro atoms. The van der Waals surface area contributed by atoms with Crippen molar-refractivity contribution < 1.29 is 24.2 Å². The molecule has 4 atom stereocenters. The summed E-state index contributed by atoms with van der Waals surface area (Å²) in [5.41, 5.74) is 1.51. The third-order valence-electron chi connectivity index (χ3n) is 10.4. The van der Waals surface area contributed by atoms with Crippen LogP contribution in [-0.4, -0.2) is 76.3 Å². The van der Waals surface area contributed by atoms with Gasteiger partial charge in [-0.2, -0.15) is 0 Å². The standard InChI is InChI=1S/C34H34Cl2N6O8/c1-16-11-18(12-17(2)27(16)43)26-19-7-10-41-31(47)40(32(48)42(41)23(19)15-33(35)29(45)39(4)30(46)34(26,33)36)9-8-20-28(44)38(3)22-14-25(50-6)24(49-5)13-21(22)37-20/h7,11-14,23,26,43H,8-10,15H2,1-6H3/t23-,26+,33-,34+/m1/s1. The number of likely N-dealkylation sites (tertiary alicyclic amines) is 1. The van der Waals surface area contributed by atoms with Crippen molar-refractivity contribution in [1.82, 2.24) is 28.4 Å². The number of benzene rings is 2. The van der Waals surface area contributed by atoms with Crippen LogP contribution in [0.3, 0.4) is 0 Å². The molecular formula is C34H34Cl2N6O8. The van der Waals surface area contributed by atoms with Gasteiger partial charge in [-0.15, -0.1) is 23.2 Å². The Morgan fingerprint density at radius 3 is 2.22 bits per heavy atom. The first-order chi connectivity index (χ1) is 23.6. The number of ether oxygens (including phenoxy) is 2. The topological polar surface area (TPSA) is 160 Å². The zero-order valence-electron chi connectivity index (χ0n) is 28.1. The lowest BCUT2D eigenvalue weighted by molar-refractivity contribution is -0.137. The number of phenolic OH excluding ortho intramolecular Hbond substituents is 1. The second kappa shape index (κ2) is 11.4. The van der Waals surface area contributed by atoms with E-state index in [0.717, 1.165) is 9.47 Å². The second-order valence-corrected chi connectivity index (χ2v) is 14.3. The van der Waals surface area contributed by atoms with Crippen molar-refractivity contribution in [3.05, 3.63) is 89.6 Å². The largest absolute Gasteiger partial charge is 0.507 e. The minimum absolute atomic E-state index is 0.0305. The Balaban J connectivity index is 1.32. The number of amides is 2. The minimum atomic E-state index is -1.97. The van der Waals surface area contributed by atoms with Crippen molar-refractivity contribution in [3.8, 4) is 17.2 Å². The Labute approximate surface area is 294 Å². The fourth-order valence-corrected chi connectivity index (χ4v) is 8.86. The van der Waals surface area contributed by atoms with Crippen LogP contribution in [0.25, 0.3) is 11.0 Å². The maximum Gasteiger partial charge on any atom is 0.347 e. The van der Waals surface area contributed by atoms with E-state index >= 15 is 0 Å². The van der Waals surface area contributed by atoms with Gasteiger partial charge < -0.3 is 19.1 Å². The van der Waals surface area contributed by atoms with Crippen LogP contribution < -0.4 is 26.4 Å². The molecule has 262 valence electrons. The van der Waals surface area contributed by atoms with Crippen LogP contribution in [0.5, 0.6) is 17.2 Å². The molecule has 3 aliphatic rings. The molecular weight excluding hydrogens is 691 g/mol. The molecule has 2 aliphatic heterocycles. The van der Waals surface area contributed by atoms with E-state index in [2.05, 4.69) is 4.98 Å². The summed E-state index contributed by atoms with van der Waals surface area (Å²) in [7, 11) is 5.88. The van der Waals surface area contributed by atoms with Crippen LogP contribution in [0.15, 0.2) is 50.3 Å². The fraction of sp³-hybridized carbons (Fsp3) is 0.412. The van der Waals surface area contributed by atoms with Crippen molar-refractivity contribution in [2.24, 2.45) is 7.05 Å². The number of imide groups is 1. The number of aromatic hydroxyl groups is 1. The van der Waals surface area contributed by atoms with Crippen LogP contribution in [-0.2, 0) is 36.1 Å². The van der Waals surface area contributed by atoms with E-state index in [4.69, 9.17) is 32.7 Å². The van der Waals surface area contributed by atoms with Gasteiger partial charge in [0.05, 0.1) is 37.8 Å². The van der Waals surface area contributed by atoms with E-state index in [-0.39, 0.29) is 37.4 Å². The van der Waals surface area contributed by atoms with Crippen LogP contribution in [0.1, 0.15) is 40.8 Å². The van der Waals surface area contributed by atoms with Crippen molar-refractivity contribution in [2.45, 2.75) is 61.5 Å². The highest BCUT2D eigenvalue weighted by atomic mass is 35.5. The molecule has 2 amide bonds. The average molecular weight is 726 g/mol. The summed E-state index contributed by atoms with van der Waals surface area (Å²) in [6.07, 6.45) is 1.46. The maximum absolute atomic E-state index is 14.2. The van der Waals surface area contributed by atoms with Gasteiger partial charge in [0.2, 0.25) is 0 Å². The number of halogens is 2. The molecule has 0 bridgehead atoms. The van der Waals surface area contributed by atoms with Crippen LogP contribution in [0.2, 0.25) is 0 Å². The summed E-state index contributed by atoms with van der Waals surface area (Å²) in [5.74, 6) is -1.46. The van der Waals surface area contributed by atoms with Gasteiger partial charge >= 0.3 is 11.4 Å². The van der Waals surface area contributed by atoms with E-state index in [1.165, 1.54) is 35.2 Å². The van der Waals surface area contributed by atoms with Gasteiger partial charge in [0.1, 0.15) is 11.4 Å². The number of carbonyl (C=O) groups is 2. The first-order valence-corrected chi connectivity index (χ1v) is 16.6. The third kappa shape index (κ3) is 4.33. The molecule has 14 nitrogen and oxygen atoms in total. The lowest BCUT2D eigenvalue weighted by atomic mass is 9.64. The van der Waals surface area contributed by atoms with Crippen LogP contribution in [0.4, 0.5) is 0 Å². The first-order valence-electron chi connectivity index (χ1n) is 15.8. The number of aromatic nitrogens is 5. The van der Waals surface area contributed by atoms with Gasteiger partial charge in [-0.25, -0.2) is 28.5 Å². The number of nitrogens with zero attached hydrogens (tertiary/aromatic N) is 6. The molecule has 1 aliphatic carbocycles. The van der Waals surface area contributed by atoms with E-state index in [1.54, 1.807) is 51.2 Å². The summed E-state index contributed by atoms with van der Waals surface area (Å²) in [6.45, 7) is 3.21. The van der Waals surface area contributed by atoms with Gasteiger partial charge in [0, 0.05) is 51.5 Å². The molecule has 7 rings (SSSR count). The summed E-state index contributed by atoms with van der Waals surface area (Å²) in [5, 5.41) is 10.5. The maximum atomic E-state index is 14.2. The Kier molecular flexibility index (Phi) is 7.64. The quantitative estimate of drug-likeness (QED) is 0.179. The highest BCUT2D eigenvalue weighted by Crippen LogP contribution is 2.63. The SMILES string of the molecule is COc1cc2nc(CCn3c(=O)n4n(c3=O)[C@@H]3C[C@@]5(Cl)C(=O)N(C)C(=O)[C@@]5(Cl)[C@@H](c5cc(C)c(O)c(C)c5)C3=CC4)c(=O)n(C)c2cc1OC. The van der Waals surface area contributed by atoms with Gasteiger partial charge in [-0.1, -0.05) is 18.2 Å². The molecule has 1 saturated carbocycles. The zero-order valence-corrected chi connectivity index (χ0v) is 29.6. The number of methoxy groups -OCH3 is 2. The number of alkyl halides is 2. The molecule has 1 saturated heterocycles. The molecule has 2 aromatic heterocycles. The summed E-state index contributed by atoms with van der Waals surface area (Å²) in [4.78, 5) is 70.3. The molecule has 0 unspecified atom stereocenters. The normalized spacial score (nSPS) is 24.2. The van der Waals surface area contributed by atoms with E-state index in [1.807, 2.05) is 0 Å². The Hall–Kier alpha value is -4.82. The number of allylic oxidation sites excluding steroid dienone is 2. The molecule has 2 fully saturated rings. The number of fused-ring (bicyclic) bond motifs is 5. The monoisotopic (exact) mass is 724 g/mol. The Morgan fingerprint density at radius 2 is 1.58 bits per heavy atom. The van der Waals surface area contributed by atoms with Gasteiger partial charge in [-0.05, 0) is 36.1 Å². The number of aryl methyl sites for hydroxylation is 4. The minimum Gasteiger partial charge on any atom is -0.507 e. The fourth-order valence-electron chi connectivity index (χ4n) is 7.86. The third-order valence-corrected chi connectivity index (χ3v) is 11.8. The summed E-state index contributed by atoms with van der Waals surface area (Å²) < 4.78 is 15.7. The molecule has 50 heavy (non-hydrogen) atoms. The zero-order chi connectivity index (χ0) is 36.2. The lowest BCUT2D eigenvalue weighted by Crippen LogP contribution is -2.59. The van der Waals surface area contributed by atoms with Crippen molar-refractivity contribution in [2.75, 3.05) is 21.3 Å². The number of hydrogen-bond donors (Lipinski definition) is 1. The number of phenols is 1. The first kappa shape index (κ1) is 33.7. The molecule has 1 N–H and O–H groups in total. The molecule has 4 aromatic rings. The molecule has 4 heterocycles. The van der Waals surface area contributed by atoms with Crippen molar-refractivity contribution >= 4 is 46.0 Å². The lowest BCUT2D eigenvalue weighted by Gasteiger charge is -2.49. The molecule has 16 heteroatoms. The number of rotatable bonds is 6. The van der Waals surface area contributed by atoms with Crippen LogP contribution in [0, 0.1) is 13.8 Å². The summed E-state index contributed by atoms with van der Waals surface area (Å²) in [6, 6.07) is 5.74. The smallest absolute Gasteiger partial charge is 0.347 e. The van der Waals surface area contributed by atoms with Crippen molar-refractivity contribution in [1.29, 1.82) is 0 Å². The average Bonchev–Trinajstić information content (AvgIpc) is 3.41. The van der Waals surface area contributed by atoms with Gasteiger partial charge in [-0.3, -0.25) is 19.3 Å². The van der Waals surface area contributed by atoms with Gasteiger partial charge in [0.25, 0.3) is 17.4 Å².